The lowest BCUT2D eigenvalue weighted by atomic mass is 9.97. The van der Waals surface area contributed by atoms with E-state index in [4.69, 9.17) is 5.73 Å². The summed E-state index contributed by atoms with van der Waals surface area (Å²) >= 11 is 0. The molecule has 0 aromatic carbocycles. The topological polar surface area (TPSA) is 82.8 Å². The number of amides is 1. The average Bonchev–Trinajstić information content (AvgIpc) is 2.47. The SMILES string of the molecule is CCCNC(=NC)NCCCN1CCCC(C(N)=O)C1. The van der Waals surface area contributed by atoms with Gasteiger partial charge in [0.1, 0.15) is 0 Å². The third kappa shape index (κ3) is 6.23. The third-order valence-corrected chi connectivity index (χ3v) is 3.62. The summed E-state index contributed by atoms with van der Waals surface area (Å²) in [5.41, 5.74) is 5.39. The van der Waals surface area contributed by atoms with Crippen LogP contribution in [-0.4, -0.2) is 56.5 Å². The van der Waals surface area contributed by atoms with E-state index in [0.717, 1.165) is 64.4 Å². The first-order valence-corrected chi connectivity index (χ1v) is 7.63. The molecule has 116 valence electrons. The number of hydrogen-bond acceptors (Lipinski definition) is 3. The van der Waals surface area contributed by atoms with Crippen LogP contribution in [0.15, 0.2) is 4.99 Å². The van der Waals surface area contributed by atoms with Gasteiger partial charge in [-0.15, -0.1) is 0 Å². The summed E-state index contributed by atoms with van der Waals surface area (Å²) in [6.07, 6.45) is 4.14. The van der Waals surface area contributed by atoms with E-state index in [9.17, 15) is 4.79 Å². The lowest BCUT2D eigenvalue weighted by Crippen LogP contribution is -2.43. The molecule has 20 heavy (non-hydrogen) atoms. The van der Waals surface area contributed by atoms with E-state index in [1.54, 1.807) is 7.05 Å². The van der Waals surface area contributed by atoms with Crippen LogP contribution in [0.1, 0.15) is 32.6 Å². The molecule has 0 bridgehead atoms. The van der Waals surface area contributed by atoms with Gasteiger partial charge in [-0.2, -0.15) is 0 Å². The number of piperidine rings is 1. The second-order valence-electron chi connectivity index (χ2n) is 5.32. The van der Waals surface area contributed by atoms with Crippen molar-refractivity contribution in [3.63, 3.8) is 0 Å². The molecule has 1 fully saturated rings. The number of nitrogens with one attached hydrogen (secondary N) is 2. The first-order chi connectivity index (χ1) is 9.67. The van der Waals surface area contributed by atoms with E-state index in [1.165, 1.54) is 0 Å². The molecular formula is C14H29N5O. The van der Waals surface area contributed by atoms with Crippen molar-refractivity contribution in [3.05, 3.63) is 0 Å². The molecule has 1 aliphatic heterocycles. The Morgan fingerprint density at radius 1 is 1.40 bits per heavy atom. The van der Waals surface area contributed by atoms with Gasteiger partial charge >= 0.3 is 0 Å². The summed E-state index contributed by atoms with van der Waals surface area (Å²) < 4.78 is 0. The molecule has 0 spiro atoms. The van der Waals surface area contributed by atoms with E-state index in [2.05, 4.69) is 27.4 Å². The summed E-state index contributed by atoms with van der Waals surface area (Å²) in [5, 5.41) is 6.54. The molecule has 0 aromatic rings. The standard InChI is InChI=1S/C14H29N5O/c1-3-7-17-14(16-2)18-8-5-10-19-9-4-6-12(11-19)13(15)20/h12H,3-11H2,1-2H3,(H2,15,20)(H2,16,17,18). The first-order valence-electron chi connectivity index (χ1n) is 7.63. The Bertz CT molecular complexity index is 319. The number of carbonyl (C=O) groups excluding carboxylic acids is 1. The molecule has 6 heteroatoms. The second kappa shape index (κ2) is 9.58. The Balaban J connectivity index is 2.15. The summed E-state index contributed by atoms with van der Waals surface area (Å²) in [5.74, 6) is 0.744. The number of hydrogen-bond donors (Lipinski definition) is 3. The van der Waals surface area contributed by atoms with Crippen LogP contribution in [-0.2, 0) is 4.79 Å². The van der Waals surface area contributed by atoms with Crippen LogP contribution in [0.4, 0.5) is 0 Å². The summed E-state index contributed by atoms with van der Waals surface area (Å²) in [6.45, 7) is 6.85. The quantitative estimate of drug-likeness (QED) is 0.353. The maximum Gasteiger partial charge on any atom is 0.221 e. The largest absolute Gasteiger partial charge is 0.369 e. The molecule has 1 unspecified atom stereocenters. The van der Waals surface area contributed by atoms with E-state index < -0.39 is 0 Å². The highest BCUT2D eigenvalue weighted by Crippen LogP contribution is 2.15. The van der Waals surface area contributed by atoms with Gasteiger partial charge in [-0.1, -0.05) is 6.92 Å². The number of aliphatic imine (C=N–C) groups is 1. The van der Waals surface area contributed by atoms with Gasteiger partial charge in [-0.3, -0.25) is 9.79 Å². The van der Waals surface area contributed by atoms with Gasteiger partial charge in [0.2, 0.25) is 5.91 Å². The molecule has 1 rings (SSSR count). The number of nitrogens with zero attached hydrogens (tertiary/aromatic N) is 2. The highest BCUT2D eigenvalue weighted by Gasteiger charge is 2.23. The minimum atomic E-state index is -0.156. The maximum atomic E-state index is 11.2. The van der Waals surface area contributed by atoms with Crippen LogP contribution in [0.3, 0.4) is 0 Å². The molecular weight excluding hydrogens is 254 g/mol. The van der Waals surface area contributed by atoms with Crippen molar-refractivity contribution in [2.75, 3.05) is 39.8 Å². The van der Waals surface area contributed by atoms with Crippen molar-refractivity contribution in [1.82, 2.24) is 15.5 Å². The molecule has 0 radical (unpaired) electrons. The van der Waals surface area contributed by atoms with Crippen LogP contribution in [0.5, 0.6) is 0 Å². The summed E-state index contributed by atoms with van der Waals surface area (Å²) in [4.78, 5) is 17.7. The van der Waals surface area contributed by atoms with Crippen molar-refractivity contribution < 1.29 is 4.79 Å². The number of likely N-dealkylation sites (tertiary alicyclic amines) is 1. The Labute approximate surface area is 122 Å². The smallest absolute Gasteiger partial charge is 0.221 e. The average molecular weight is 283 g/mol. The van der Waals surface area contributed by atoms with Crippen LogP contribution in [0, 0.1) is 5.92 Å². The van der Waals surface area contributed by atoms with Crippen LogP contribution >= 0.6 is 0 Å². The van der Waals surface area contributed by atoms with Crippen molar-refractivity contribution in [2.45, 2.75) is 32.6 Å². The zero-order valence-corrected chi connectivity index (χ0v) is 12.8. The number of guanidine groups is 1. The van der Waals surface area contributed by atoms with Gasteiger partial charge in [0, 0.05) is 26.7 Å². The number of nitrogens with two attached hydrogens (primary N) is 1. The first kappa shape index (κ1) is 16.8. The molecule has 1 heterocycles. The molecule has 1 aliphatic rings. The number of primary amides is 1. The molecule has 0 saturated carbocycles. The van der Waals surface area contributed by atoms with Crippen molar-refractivity contribution >= 4 is 11.9 Å². The predicted molar refractivity (Wildman–Crippen MR) is 82.6 cm³/mol. The number of carbonyl (C=O) groups is 1. The minimum absolute atomic E-state index is 0.0377. The highest BCUT2D eigenvalue weighted by molar-refractivity contribution is 5.79. The molecule has 1 amide bonds. The molecule has 4 N–H and O–H groups in total. The fourth-order valence-corrected chi connectivity index (χ4v) is 2.46. The van der Waals surface area contributed by atoms with Gasteiger partial charge < -0.3 is 21.3 Å². The van der Waals surface area contributed by atoms with Crippen LogP contribution < -0.4 is 16.4 Å². The van der Waals surface area contributed by atoms with Crippen molar-refractivity contribution in [1.29, 1.82) is 0 Å². The van der Waals surface area contributed by atoms with Gasteiger partial charge in [-0.25, -0.2) is 0 Å². The van der Waals surface area contributed by atoms with Gasteiger partial charge in [-0.05, 0) is 38.8 Å². The Hall–Kier alpha value is -1.30. The zero-order chi connectivity index (χ0) is 14.8. The Morgan fingerprint density at radius 2 is 2.15 bits per heavy atom. The lowest BCUT2D eigenvalue weighted by molar-refractivity contribution is -0.123. The summed E-state index contributed by atoms with van der Waals surface area (Å²) in [7, 11) is 1.78. The minimum Gasteiger partial charge on any atom is -0.369 e. The molecule has 0 aromatic heterocycles. The maximum absolute atomic E-state index is 11.2. The van der Waals surface area contributed by atoms with Gasteiger partial charge in [0.05, 0.1) is 5.92 Å². The fraction of sp³-hybridized carbons (Fsp3) is 0.857. The zero-order valence-electron chi connectivity index (χ0n) is 12.8. The van der Waals surface area contributed by atoms with E-state index in [-0.39, 0.29) is 11.8 Å². The Kier molecular flexibility index (Phi) is 8.02. The van der Waals surface area contributed by atoms with Gasteiger partial charge in [0.15, 0.2) is 5.96 Å². The molecule has 1 atom stereocenters. The van der Waals surface area contributed by atoms with Gasteiger partial charge in [0.25, 0.3) is 0 Å². The number of rotatable bonds is 7. The summed E-state index contributed by atoms with van der Waals surface area (Å²) in [6, 6.07) is 0. The van der Waals surface area contributed by atoms with E-state index >= 15 is 0 Å². The normalized spacial score (nSPS) is 20.7. The van der Waals surface area contributed by atoms with Crippen LogP contribution in [0.25, 0.3) is 0 Å². The monoisotopic (exact) mass is 283 g/mol. The predicted octanol–water partition coefficient (Wildman–Crippen LogP) is 0.149. The van der Waals surface area contributed by atoms with E-state index in [0.29, 0.717) is 0 Å². The molecule has 1 saturated heterocycles. The fourth-order valence-electron chi connectivity index (χ4n) is 2.46. The van der Waals surface area contributed by atoms with Crippen molar-refractivity contribution in [3.8, 4) is 0 Å². The van der Waals surface area contributed by atoms with Crippen molar-refractivity contribution in [2.24, 2.45) is 16.6 Å². The van der Waals surface area contributed by atoms with Crippen LogP contribution in [0.2, 0.25) is 0 Å². The highest BCUT2D eigenvalue weighted by atomic mass is 16.1. The molecule has 0 aliphatic carbocycles. The third-order valence-electron chi connectivity index (χ3n) is 3.62. The lowest BCUT2D eigenvalue weighted by Gasteiger charge is -2.31. The molecule has 6 nitrogen and oxygen atoms in total. The Morgan fingerprint density at radius 3 is 2.80 bits per heavy atom. The second-order valence-corrected chi connectivity index (χ2v) is 5.32. The van der Waals surface area contributed by atoms with E-state index in [1.807, 2.05) is 0 Å².